The van der Waals surface area contributed by atoms with Gasteiger partial charge in [-0.3, -0.25) is 0 Å². The standard InChI is InChI=1S/C113H96N8O4/c1-13-114-105-49-17-69(5)57-93(105)97-61-77(33-53-109(97)114)118(73-21-37-85(122-9)38-22-73)81-29-45-89-90-46-30-82(119(74-23-39-86(123-10)40-24-74)78-34-54-110-98(62-78)94-58-70(6)18-50-106(94)115(110)14-2)66-102(90)113(101(89)65-81)103-67-83(120(75-25-41-87(124-11)42-26-75)79-35-55-111-99(63-79)95-59-71(7)19-51-107(95)116(111)15-3)31-47-91(103)92-48-32-84(68-104(92)113)121(76-27-43-88(125-12)44-28-76)80-36-56-112-100(64-80)96-60-72(8)20-52-108(96)117(112)16-4/h17-68H,13-16H2,1-12H3. The van der Waals surface area contributed by atoms with Crippen molar-refractivity contribution in [3.05, 3.63) is 360 Å². The van der Waals surface area contributed by atoms with E-state index in [9.17, 15) is 0 Å². The minimum atomic E-state index is -1.08. The smallest absolute Gasteiger partial charge is 0.119 e. The molecule has 0 fully saturated rings. The third-order valence-corrected chi connectivity index (χ3v) is 26.9. The zero-order valence-electron chi connectivity index (χ0n) is 72.6. The van der Waals surface area contributed by atoms with Crippen LogP contribution in [-0.2, 0) is 31.6 Å². The third kappa shape index (κ3) is 11.8. The van der Waals surface area contributed by atoms with Gasteiger partial charge >= 0.3 is 0 Å². The zero-order valence-corrected chi connectivity index (χ0v) is 72.6. The van der Waals surface area contributed by atoms with E-state index >= 15 is 0 Å². The maximum absolute atomic E-state index is 5.98. The Morgan fingerprint density at radius 1 is 0.200 bits per heavy atom. The van der Waals surface area contributed by atoms with Crippen molar-refractivity contribution < 1.29 is 18.9 Å². The number of hydrogen-bond donors (Lipinski definition) is 0. The number of hydrogen-bond acceptors (Lipinski definition) is 8. The molecule has 0 saturated carbocycles. The van der Waals surface area contributed by atoms with E-state index in [0.717, 1.165) is 162 Å². The molecule has 0 N–H and O–H groups in total. The normalized spacial score (nSPS) is 12.5. The van der Waals surface area contributed by atoms with Crippen LogP contribution in [0.1, 0.15) is 72.2 Å². The number of benzene rings is 16. The van der Waals surface area contributed by atoms with E-state index in [0.29, 0.717) is 0 Å². The van der Waals surface area contributed by atoms with E-state index in [-0.39, 0.29) is 0 Å². The number of methoxy groups -OCH3 is 4. The molecule has 20 aromatic rings. The van der Waals surface area contributed by atoms with Crippen molar-refractivity contribution in [2.24, 2.45) is 0 Å². The van der Waals surface area contributed by atoms with Crippen LogP contribution in [0.4, 0.5) is 68.2 Å². The summed E-state index contributed by atoms with van der Waals surface area (Å²) in [5.41, 5.74) is 34.6. The molecule has 0 radical (unpaired) electrons. The molecule has 612 valence electrons. The first-order valence-corrected chi connectivity index (χ1v) is 43.7. The molecule has 1 spiro atoms. The highest BCUT2D eigenvalue weighted by molar-refractivity contribution is 6.14. The molecular weight excluding hydrogens is 1530 g/mol. The van der Waals surface area contributed by atoms with Crippen molar-refractivity contribution >= 4 is 155 Å². The van der Waals surface area contributed by atoms with Crippen molar-refractivity contribution in [2.45, 2.75) is 87.0 Å². The van der Waals surface area contributed by atoms with Crippen LogP contribution in [0.25, 0.3) is 109 Å². The average molecular weight is 1630 g/mol. The maximum atomic E-state index is 5.98. The van der Waals surface area contributed by atoms with Gasteiger partial charge in [-0.05, 0) is 367 Å². The number of nitrogens with zero attached hydrogens (tertiary/aromatic N) is 8. The summed E-state index contributed by atoms with van der Waals surface area (Å²) < 4.78 is 33.7. The van der Waals surface area contributed by atoms with Crippen LogP contribution in [-0.4, -0.2) is 46.7 Å². The molecule has 0 aliphatic heterocycles. The van der Waals surface area contributed by atoms with Gasteiger partial charge in [-0.2, -0.15) is 0 Å². The molecule has 125 heavy (non-hydrogen) atoms. The van der Waals surface area contributed by atoms with E-state index in [4.69, 9.17) is 18.9 Å². The summed E-state index contributed by atoms with van der Waals surface area (Å²) in [4.78, 5) is 9.86. The summed E-state index contributed by atoms with van der Waals surface area (Å²) in [6.45, 7) is 21.1. The van der Waals surface area contributed by atoms with Crippen molar-refractivity contribution in [3.63, 3.8) is 0 Å². The Labute approximate surface area is 728 Å². The van der Waals surface area contributed by atoms with Crippen molar-refractivity contribution in [1.82, 2.24) is 18.3 Å². The Morgan fingerprint density at radius 3 is 0.560 bits per heavy atom. The average Bonchev–Trinajstić information content (AvgIpc) is 1.50. The van der Waals surface area contributed by atoms with Crippen molar-refractivity contribution in [1.29, 1.82) is 0 Å². The molecule has 4 aromatic heterocycles. The summed E-state index contributed by atoms with van der Waals surface area (Å²) >= 11 is 0. The lowest BCUT2D eigenvalue weighted by molar-refractivity contribution is 0.414. The van der Waals surface area contributed by atoms with Gasteiger partial charge in [0.1, 0.15) is 23.0 Å². The van der Waals surface area contributed by atoms with Gasteiger partial charge in [-0.25, -0.2) is 0 Å². The number of anilines is 12. The Hall–Kier alpha value is -14.9. The minimum Gasteiger partial charge on any atom is -0.497 e. The van der Waals surface area contributed by atoms with Crippen LogP contribution in [0, 0.1) is 27.7 Å². The second-order valence-corrected chi connectivity index (χ2v) is 33.7. The van der Waals surface area contributed by atoms with E-state index < -0.39 is 5.41 Å². The molecule has 12 nitrogen and oxygen atoms in total. The summed E-state index contributed by atoms with van der Waals surface area (Å²) in [5.74, 6) is 3.11. The Morgan fingerprint density at radius 2 is 0.368 bits per heavy atom. The van der Waals surface area contributed by atoms with Gasteiger partial charge in [-0.1, -0.05) is 70.8 Å². The molecule has 0 bridgehead atoms. The van der Waals surface area contributed by atoms with E-state index in [1.807, 2.05) is 0 Å². The molecule has 0 amide bonds. The highest BCUT2D eigenvalue weighted by atomic mass is 16.5. The molecule has 2 aliphatic carbocycles. The van der Waals surface area contributed by atoms with Gasteiger partial charge in [0, 0.05) is 182 Å². The van der Waals surface area contributed by atoms with Gasteiger partial charge in [0.25, 0.3) is 0 Å². The lowest BCUT2D eigenvalue weighted by Crippen LogP contribution is -2.27. The molecule has 0 unspecified atom stereocenters. The number of ether oxygens (including phenoxy) is 4. The molecule has 22 rings (SSSR count). The molecule has 16 aromatic carbocycles. The molecule has 0 saturated heterocycles. The van der Waals surface area contributed by atoms with Crippen LogP contribution >= 0.6 is 0 Å². The van der Waals surface area contributed by atoms with Crippen molar-refractivity contribution in [2.75, 3.05) is 48.0 Å². The monoisotopic (exact) mass is 1630 g/mol. The fourth-order valence-electron chi connectivity index (χ4n) is 21.2. The van der Waals surface area contributed by atoms with Crippen LogP contribution in [0.2, 0.25) is 0 Å². The van der Waals surface area contributed by atoms with Crippen LogP contribution in [0.15, 0.2) is 315 Å². The highest BCUT2D eigenvalue weighted by Crippen LogP contribution is 2.66. The quantitative estimate of drug-likeness (QED) is 0.0748. The van der Waals surface area contributed by atoms with Gasteiger partial charge in [-0.15, -0.1) is 0 Å². The highest BCUT2D eigenvalue weighted by Gasteiger charge is 2.53. The lowest BCUT2D eigenvalue weighted by atomic mass is 9.70. The summed E-state index contributed by atoms with van der Waals surface area (Å²) in [7, 11) is 6.98. The van der Waals surface area contributed by atoms with Gasteiger partial charge in [0.2, 0.25) is 0 Å². The predicted octanol–water partition coefficient (Wildman–Crippen LogP) is 29.7. The van der Waals surface area contributed by atoms with Gasteiger partial charge in [0.05, 0.1) is 33.9 Å². The summed E-state index contributed by atoms with van der Waals surface area (Å²) in [6, 6.07) is 119. The molecule has 2 aliphatic rings. The fraction of sp³-hybridized carbons (Fsp3) is 0.150. The molecule has 4 heterocycles. The maximum Gasteiger partial charge on any atom is 0.119 e. The fourth-order valence-corrected chi connectivity index (χ4v) is 21.2. The van der Waals surface area contributed by atoms with Gasteiger partial charge in [0.15, 0.2) is 0 Å². The van der Waals surface area contributed by atoms with Crippen LogP contribution in [0.5, 0.6) is 23.0 Å². The topological polar surface area (TPSA) is 69.6 Å². The van der Waals surface area contributed by atoms with E-state index in [1.54, 1.807) is 28.4 Å². The van der Waals surface area contributed by atoms with Crippen LogP contribution < -0.4 is 38.5 Å². The second-order valence-electron chi connectivity index (χ2n) is 33.7. The number of aromatic nitrogens is 4. The largest absolute Gasteiger partial charge is 0.497 e. The first-order valence-electron chi connectivity index (χ1n) is 43.7. The SMILES string of the molecule is CCn1c2ccc(C)cc2c2cc(N(c3ccc(OC)cc3)c3ccc4c(c3)C3(c5cc(N(c6ccc(OC)cc6)c6ccc7c(c6)c6cc(C)ccc6n7CC)ccc5-4)c4cc(N(c5ccc(OC)cc5)c5ccc6c(c5)c5cc(C)ccc5n6CC)ccc4-c4ccc(N(c5ccc(OC)cc5)c5ccc6c(c5)c5cc(C)ccc5n6CC)cc43)ccc21. The molecular formula is C113H96N8O4. The first kappa shape index (κ1) is 76.3. The molecule has 12 heteroatoms. The van der Waals surface area contributed by atoms with E-state index in [2.05, 4.69) is 409 Å². The predicted molar refractivity (Wildman–Crippen MR) is 521 cm³/mol. The summed E-state index contributed by atoms with van der Waals surface area (Å²) in [5, 5.41) is 9.71. The number of rotatable bonds is 20. The van der Waals surface area contributed by atoms with E-state index in [1.165, 1.54) is 109 Å². The van der Waals surface area contributed by atoms with Crippen LogP contribution in [0.3, 0.4) is 0 Å². The first-order chi connectivity index (χ1) is 61.2. The van der Waals surface area contributed by atoms with Gasteiger partial charge < -0.3 is 56.8 Å². The van der Waals surface area contributed by atoms with Crippen molar-refractivity contribution in [3.8, 4) is 45.3 Å². The summed E-state index contributed by atoms with van der Waals surface area (Å²) in [6.07, 6.45) is 0. The number of fused-ring (bicyclic) bond motifs is 22. The zero-order chi connectivity index (χ0) is 84.9. The number of aryl methyl sites for hydroxylation is 8. The Kier molecular flexibility index (Phi) is 18.1. The second kappa shape index (κ2) is 29.7. The third-order valence-electron chi connectivity index (χ3n) is 26.9. The minimum absolute atomic E-state index is 0.778. The Bertz CT molecular complexity index is 6860. The Balaban J connectivity index is 0.861. The lowest BCUT2D eigenvalue weighted by Gasteiger charge is -2.35. The molecule has 0 atom stereocenters.